The number of anilines is 1. The molecule has 1 heterocycles. The van der Waals surface area contributed by atoms with Gasteiger partial charge in [0.25, 0.3) is 0 Å². The van der Waals surface area contributed by atoms with Crippen molar-refractivity contribution in [3.8, 4) is 0 Å². The summed E-state index contributed by atoms with van der Waals surface area (Å²) >= 11 is 0.153. The van der Waals surface area contributed by atoms with E-state index >= 15 is 0 Å². The minimum absolute atomic E-state index is 0.0737. The van der Waals surface area contributed by atoms with Crippen LogP contribution in [0.1, 0.15) is 30.3 Å². The van der Waals surface area contributed by atoms with Crippen molar-refractivity contribution in [1.82, 2.24) is 15.5 Å². The van der Waals surface area contributed by atoms with Crippen LogP contribution in [0, 0.1) is 11.6 Å². The van der Waals surface area contributed by atoms with Crippen LogP contribution in [0.3, 0.4) is 0 Å². The van der Waals surface area contributed by atoms with E-state index in [1.165, 1.54) is 0 Å². The molecule has 0 saturated heterocycles. The first-order valence-corrected chi connectivity index (χ1v) is 8.86. The second-order valence-corrected chi connectivity index (χ2v) is 6.74. The van der Waals surface area contributed by atoms with Crippen LogP contribution in [0.25, 0.3) is 0 Å². The van der Waals surface area contributed by atoms with E-state index in [0.717, 1.165) is 12.1 Å². The molecular weight excluding hydrogens is 407 g/mol. The number of aromatic nitrogens is 2. The maximum atomic E-state index is 13.2. The molecule has 0 aliphatic heterocycles. The minimum atomic E-state index is -4.68. The van der Waals surface area contributed by atoms with E-state index in [0.29, 0.717) is 12.5 Å². The summed E-state index contributed by atoms with van der Waals surface area (Å²) in [5.41, 5.74) is 0.0737. The molecule has 2 amide bonds. The van der Waals surface area contributed by atoms with Gasteiger partial charge in [-0.2, -0.15) is 13.2 Å². The number of nitrogens with one attached hydrogen (secondary N) is 2. The second kappa shape index (κ2) is 9.04. The first-order valence-electron chi connectivity index (χ1n) is 8.04. The molecule has 1 unspecified atom stereocenters. The van der Waals surface area contributed by atoms with Crippen LogP contribution < -0.4 is 10.6 Å². The van der Waals surface area contributed by atoms with Gasteiger partial charge in [-0.05, 0) is 24.1 Å². The maximum Gasteiger partial charge on any atom is 0.445 e. The molecule has 1 aromatic carbocycles. The number of hydrogen-bond donors (Lipinski definition) is 2. The lowest BCUT2D eigenvalue weighted by atomic mass is 10.1. The first-order chi connectivity index (χ1) is 13.1. The summed E-state index contributed by atoms with van der Waals surface area (Å²) in [5, 5.41) is 9.20. The molecule has 0 aliphatic carbocycles. The Bertz CT molecular complexity index is 836. The number of rotatable bonds is 7. The Kier molecular flexibility index (Phi) is 7.00. The normalized spacial score (nSPS) is 12.5. The highest BCUT2D eigenvalue weighted by atomic mass is 32.1. The van der Waals surface area contributed by atoms with Crippen molar-refractivity contribution in [3.63, 3.8) is 0 Å². The second-order valence-electron chi connectivity index (χ2n) is 5.76. The van der Waals surface area contributed by atoms with Gasteiger partial charge in [-0.25, -0.2) is 8.78 Å². The van der Waals surface area contributed by atoms with Gasteiger partial charge in [0.2, 0.25) is 22.0 Å². The fourth-order valence-corrected chi connectivity index (χ4v) is 2.90. The van der Waals surface area contributed by atoms with Crippen LogP contribution in [-0.2, 0) is 22.2 Å². The van der Waals surface area contributed by atoms with Crippen molar-refractivity contribution >= 4 is 28.3 Å². The molecule has 28 heavy (non-hydrogen) atoms. The summed E-state index contributed by atoms with van der Waals surface area (Å²) in [4.78, 5) is 24.4. The van der Waals surface area contributed by atoms with Crippen LogP contribution in [0.2, 0.25) is 0 Å². The molecular formula is C16H15F5N4O2S. The molecule has 0 aliphatic rings. The highest BCUT2D eigenvalue weighted by molar-refractivity contribution is 7.15. The number of hydrogen-bond acceptors (Lipinski definition) is 5. The van der Waals surface area contributed by atoms with Gasteiger partial charge in [-0.1, -0.05) is 24.7 Å². The predicted octanol–water partition coefficient (Wildman–Crippen LogP) is 3.30. The average molecular weight is 422 g/mol. The van der Waals surface area contributed by atoms with Gasteiger partial charge in [0.15, 0.2) is 0 Å². The van der Waals surface area contributed by atoms with E-state index in [4.69, 9.17) is 0 Å². The van der Waals surface area contributed by atoms with Gasteiger partial charge in [0, 0.05) is 6.07 Å². The standard InChI is InChI=1S/C16H15F5N4O2S/c1-2-3-11(13(27)23-15-25-24-14(28-15)16(19,20)21)22-12(26)6-8-4-9(17)7-10(18)5-8/h4-5,7,11H,2-3,6H2,1H3,(H,22,26)(H,23,25,27). The summed E-state index contributed by atoms with van der Waals surface area (Å²) in [6.07, 6.45) is -4.38. The third-order valence-electron chi connectivity index (χ3n) is 3.41. The Morgan fingerprint density at radius 2 is 1.79 bits per heavy atom. The highest BCUT2D eigenvalue weighted by Crippen LogP contribution is 2.33. The summed E-state index contributed by atoms with van der Waals surface area (Å²) in [6.45, 7) is 1.74. The van der Waals surface area contributed by atoms with Crippen molar-refractivity contribution < 1.29 is 31.5 Å². The zero-order valence-electron chi connectivity index (χ0n) is 14.4. The zero-order chi connectivity index (χ0) is 20.9. The van der Waals surface area contributed by atoms with Crippen LogP contribution in [0.4, 0.5) is 27.1 Å². The van der Waals surface area contributed by atoms with Gasteiger partial charge in [-0.3, -0.25) is 14.9 Å². The van der Waals surface area contributed by atoms with Gasteiger partial charge >= 0.3 is 6.18 Å². The Balaban J connectivity index is 2.02. The molecule has 6 nitrogen and oxygen atoms in total. The molecule has 0 bridgehead atoms. The molecule has 2 aromatic rings. The summed E-state index contributed by atoms with van der Waals surface area (Å²) in [5.74, 6) is -3.14. The average Bonchev–Trinajstić information content (AvgIpc) is 3.02. The SMILES string of the molecule is CCCC(NC(=O)Cc1cc(F)cc(F)c1)C(=O)Nc1nnc(C(F)(F)F)s1. The van der Waals surface area contributed by atoms with Crippen molar-refractivity contribution in [3.05, 3.63) is 40.4 Å². The number of alkyl halides is 3. The first kappa shape index (κ1) is 21.7. The molecule has 1 aromatic heterocycles. The summed E-state index contributed by atoms with van der Waals surface area (Å²) < 4.78 is 64.0. The number of amides is 2. The zero-order valence-corrected chi connectivity index (χ0v) is 15.3. The lowest BCUT2D eigenvalue weighted by Crippen LogP contribution is -2.44. The smallest absolute Gasteiger partial charge is 0.344 e. The number of halogens is 5. The molecule has 0 fully saturated rings. The number of carbonyl (C=O) groups excluding carboxylic acids is 2. The third-order valence-corrected chi connectivity index (χ3v) is 4.30. The van der Waals surface area contributed by atoms with Crippen LogP contribution in [-0.4, -0.2) is 28.1 Å². The van der Waals surface area contributed by atoms with E-state index in [9.17, 15) is 31.5 Å². The Hall–Kier alpha value is -2.63. The highest BCUT2D eigenvalue weighted by Gasteiger charge is 2.36. The maximum absolute atomic E-state index is 13.2. The molecule has 0 spiro atoms. The summed E-state index contributed by atoms with van der Waals surface area (Å²) in [7, 11) is 0. The van der Waals surface area contributed by atoms with E-state index in [1.807, 2.05) is 0 Å². The molecule has 2 rings (SSSR count). The van der Waals surface area contributed by atoms with Crippen LogP contribution >= 0.6 is 11.3 Å². The van der Waals surface area contributed by atoms with Gasteiger partial charge in [-0.15, -0.1) is 10.2 Å². The van der Waals surface area contributed by atoms with E-state index < -0.39 is 40.7 Å². The van der Waals surface area contributed by atoms with Crippen molar-refractivity contribution in [2.45, 2.75) is 38.4 Å². The largest absolute Gasteiger partial charge is 0.445 e. The predicted molar refractivity (Wildman–Crippen MR) is 90.4 cm³/mol. The molecule has 152 valence electrons. The Morgan fingerprint density at radius 3 is 2.32 bits per heavy atom. The van der Waals surface area contributed by atoms with Gasteiger partial charge in [0.1, 0.15) is 17.7 Å². The van der Waals surface area contributed by atoms with Gasteiger partial charge in [0.05, 0.1) is 6.42 Å². The quantitative estimate of drug-likeness (QED) is 0.671. The van der Waals surface area contributed by atoms with E-state index in [1.54, 1.807) is 6.92 Å². The van der Waals surface area contributed by atoms with E-state index in [-0.39, 0.29) is 34.9 Å². The molecule has 2 N–H and O–H groups in total. The Morgan fingerprint density at radius 1 is 1.14 bits per heavy atom. The molecule has 0 radical (unpaired) electrons. The fourth-order valence-electron chi connectivity index (χ4n) is 2.28. The van der Waals surface area contributed by atoms with Crippen LogP contribution in [0.15, 0.2) is 18.2 Å². The molecule has 0 saturated carbocycles. The molecule has 12 heteroatoms. The summed E-state index contributed by atoms with van der Waals surface area (Å²) in [6, 6.07) is 1.56. The number of nitrogens with zero attached hydrogens (tertiary/aromatic N) is 2. The number of carbonyl (C=O) groups is 2. The topological polar surface area (TPSA) is 84.0 Å². The lowest BCUT2D eigenvalue weighted by Gasteiger charge is -2.17. The molecule has 1 atom stereocenters. The van der Waals surface area contributed by atoms with Crippen molar-refractivity contribution in [1.29, 1.82) is 0 Å². The van der Waals surface area contributed by atoms with Crippen molar-refractivity contribution in [2.75, 3.05) is 5.32 Å². The van der Waals surface area contributed by atoms with Crippen molar-refractivity contribution in [2.24, 2.45) is 0 Å². The minimum Gasteiger partial charge on any atom is -0.344 e. The monoisotopic (exact) mass is 422 g/mol. The van der Waals surface area contributed by atoms with Crippen LogP contribution in [0.5, 0.6) is 0 Å². The Labute approximate surface area is 160 Å². The third kappa shape index (κ3) is 6.22. The fraction of sp³-hybridized carbons (Fsp3) is 0.375. The van der Waals surface area contributed by atoms with E-state index in [2.05, 4.69) is 20.8 Å². The van der Waals surface area contributed by atoms with Gasteiger partial charge < -0.3 is 5.32 Å². The lowest BCUT2D eigenvalue weighted by molar-refractivity contribution is -0.138. The number of benzene rings is 1.